The van der Waals surface area contributed by atoms with Crippen molar-refractivity contribution in [1.82, 2.24) is 0 Å². The van der Waals surface area contributed by atoms with Gasteiger partial charge < -0.3 is 4.74 Å². The number of hydrogen-bond acceptors (Lipinski definition) is 1. The third kappa shape index (κ3) is 2.95. The fourth-order valence-electron chi connectivity index (χ4n) is 4.19. The zero-order chi connectivity index (χ0) is 15.7. The summed E-state index contributed by atoms with van der Waals surface area (Å²) < 4.78 is 6.44. The monoisotopic (exact) mass is 298 g/mol. The summed E-state index contributed by atoms with van der Waals surface area (Å²) in [5.41, 5.74) is 4.31. The molecule has 2 atom stereocenters. The van der Waals surface area contributed by atoms with Crippen LogP contribution in [0.2, 0.25) is 0 Å². The van der Waals surface area contributed by atoms with E-state index in [0.29, 0.717) is 11.8 Å². The standard InChI is InChI=1S/C21H30O/c1-5-6-7-8-16-10-11-17-18-13-15(2)9-12-19(18)21(3,4)22-20(17)14-16/h10-11,13-14,18-19H,5-9,12H2,1-4H3. The summed E-state index contributed by atoms with van der Waals surface area (Å²) in [6, 6.07) is 6.96. The fraction of sp³-hybridized carbons (Fsp3) is 0.619. The number of rotatable bonds is 4. The Kier molecular flexibility index (Phi) is 4.34. The summed E-state index contributed by atoms with van der Waals surface area (Å²) in [5, 5.41) is 0. The maximum absolute atomic E-state index is 6.44. The summed E-state index contributed by atoms with van der Waals surface area (Å²) in [7, 11) is 0. The molecule has 1 heteroatoms. The van der Waals surface area contributed by atoms with Crippen LogP contribution in [0, 0.1) is 5.92 Å². The lowest BCUT2D eigenvalue weighted by Crippen LogP contribution is -2.45. The Morgan fingerprint density at radius 1 is 1.23 bits per heavy atom. The Morgan fingerprint density at radius 2 is 2.05 bits per heavy atom. The normalized spacial score (nSPS) is 25.7. The molecule has 2 aliphatic rings. The number of hydrogen-bond donors (Lipinski definition) is 0. The maximum atomic E-state index is 6.44. The van der Waals surface area contributed by atoms with Crippen LogP contribution in [0.1, 0.15) is 76.8 Å². The van der Waals surface area contributed by atoms with Gasteiger partial charge in [0.25, 0.3) is 0 Å². The van der Waals surface area contributed by atoms with E-state index in [1.807, 2.05) is 0 Å². The van der Waals surface area contributed by atoms with Crippen LogP contribution in [0.4, 0.5) is 0 Å². The molecule has 1 aliphatic carbocycles. The lowest BCUT2D eigenvalue weighted by atomic mass is 9.68. The van der Waals surface area contributed by atoms with Crippen LogP contribution in [0.5, 0.6) is 5.75 Å². The molecule has 0 bridgehead atoms. The summed E-state index contributed by atoms with van der Waals surface area (Å²) in [4.78, 5) is 0. The van der Waals surface area contributed by atoms with Gasteiger partial charge in [-0.3, -0.25) is 0 Å². The molecule has 0 spiro atoms. The van der Waals surface area contributed by atoms with Crippen LogP contribution in [0.15, 0.2) is 29.8 Å². The average molecular weight is 298 g/mol. The highest BCUT2D eigenvalue weighted by atomic mass is 16.5. The van der Waals surface area contributed by atoms with Crippen LogP contribution in [0.25, 0.3) is 0 Å². The molecular weight excluding hydrogens is 268 g/mol. The highest BCUT2D eigenvalue weighted by Gasteiger charge is 2.43. The molecule has 0 radical (unpaired) electrons. The second-order valence-corrected chi connectivity index (χ2v) is 7.72. The van der Waals surface area contributed by atoms with Gasteiger partial charge in [0.1, 0.15) is 11.4 Å². The second-order valence-electron chi connectivity index (χ2n) is 7.72. The summed E-state index contributed by atoms with van der Waals surface area (Å²) in [6.45, 7) is 9.07. The van der Waals surface area contributed by atoms with Gasteiger partial charge in [-0.05, 0) is 58.1 Å². The first-order valence-electron chi connectivity index (χ1n) is 9.00. The highest BCUT2D eigenvalue weighted by molar-refractivity contribution is 5.46. The van der Waals surface area contributed by atoms with E-state index in [9.17, 15) is 0 Å². The molecule has 0 saturated heterocycles. The van der Waals surface area contributed by atoms with Gasteiger partial charge in [-0.25, -0.2) is 0 Å². The molecular formula is C21H30O. The van der Waals surface area contributed by atoms with Crippen molar-refractivity contribution in [3.63, 3.8) is 0 Å². The molecule has 0 aromatic heterocycles. The number of allylic oxidation sites excluding steroid dienone is 2. The Morgan fingerprint density at radius 3 is 2.82 bits per heavy atom. The van der Waals surface area contributed by atoms with E-state index in [1.165, 1.54) is 55.2 Å². The predicted octanol–water partition coefficient (Wildman–Crippen LogP) is 6.03. The zero-order valence-corrected chi connectivity index (χ0v) is 14.6. The van der Waals surface area contributed by atoms with Gasteiger partial charge in [0.05, 0.1) is 0 Å². The molecule has 0 fully saturated rings. The smallest absolute Gasteiger partial charge is 0.124 e. The van der Waals surface area contributed by atoms with Gasteiger partial charge in [-0.1, -0.05) is 43.5 Å². The first-order chi connectivity index (χ1) is 10.5. The number of benzene rings is 1. The van der Waals surface area contributed by atoms with Crippen molar-refractivity contribution in [2.75, 3.05) is 0 Å². The topological polar surface area (TPSA) is 9.23 Å². The molecule has 1 aromatic rings. The lowest BCUT2D eigenvalue weighted by molar-refractivity contribution is 0.0116. The van der Waals surface area contributed by atoms with E-state index in [-0.39, 0.29) is 5.60 Å². The molecule has 0 amide bonds. The van der Waals surface area contributed by atoms with Crippen molar-refractivity contribution in [1.29, 1.82) is 0 Å². The molecule has 1 nitrogen and oxygen atoms in total. The van der Waals surface area contributed by atoms with Crippen molar-refractivity contribution in [3.05, 3.63) is 41.0 Å². The van der Waals surface area contributed by atoms with Gasteiger partial charge in [-0.15, -0.1) is 0 Å². The molecule has 1 heterocycles. The second kappa shape index (κ2) is 6.10. The Labute approximate surface area is 135 Å². The number of aryl methyl sites for hydroxylation is 1. The third-order valence-electron chi connectivity index (χ3n) is 5.52. The number of fused-ring (bicyclic) bond motifs is 3. The Hall–Kier alpha value is -1.24. The van der Waals surface area contributed by atoms with Gasteiger partial charge in [0.2, 0.25) is 0 Å². The molecule has 120 valence electrons. The van der Waals surface area contributed by atoms with Crippen molar-refractivity contribution >= 4 is 0 Å². The van der Waals surface area contributed by atoms with Gasteiger partial charge in [0, 0.05) is 17.4 Å². The minimum absolute atomic E-state index is 0.0586. The predicted molar refractivity (Wildman–Crippen MR) is 93.6 cm³/mol. The summed E-state index contributed by atoms with van der Waals surface area (Å²) >= 11 is 0. The molecule has 22 heavy (non-hydrogen) atoms. The summed E-state index contributed by atoms with van der Waals surface area (Å²) in [5.74, 6) is 2.28. The van der Waals surface area contributed by atoms with Crippen LogP contribution in [0.3, 0.4) is 0 Å². The van der Waals surface area contributed by atoms with E-state index in [1.54, 1.807) is 0 Å². The molecule has 1 aliphatic heterocycles. The summed E-state index contributed by atoms with van der Waals surface area (Å²) in [6.07, 6.45) is 10.0. The average Bonchev–Trinajstić information content (AvgIpc) is 2.46. The molecule has 1 aromatic carbocycles. The van der Waals surface area contributed by atoms with Crippen LogP contribution in [-0.4, -0.2) is 5.60 Å². The Bertz CT molecular complexity index is 567. The van der Waals surface area contributed by atoms with Gasteiger partial charge in [-0.2, -0.15) is 0 Å². The number of unbranched alkanes of at least 4 members (excludes halogenated alkanes) is 2. The van der Waals surface area contributed by atoms with E-state index in [0.717, 1.165) is 5.75 Å². The van der Waals surface area contributed by atoms with Crippen LogP contribution in [-0.2, 0) is 6.42 Å². The highest BCUT2D eigenvalue weighted by Crippen LogP contribution is 2.50. The lowest BCUT2D eigenvalue weighted by Gasteiger charge is -2.46. The first kappa shape index (κ1) is 15.6. The van der Waals surface area contributed by atoms with Gasteiger partial charge >= 0.3 is 0 Å². The minimum Gasteiger partial charge on any atom is -0.487 e. The van der Waals surface area contributed by atoms with E-state index >= 15 is 0 Å². The Balaban J connectivity index is 1.91. The molecule has 0 saturated carbocycles. The molecule has 2 unspecified atom stereocenters. The van der Waals surface area contributed by atoms with Crippen molar-refractivity contribution in [2.24, 2.45) is 5.92 Å². The number of ether oxygens (including phenoxy) is 1. The van der Waals surface area contributed by atoms with Crippen molar-refractivity contribution in [3.8, 4) is 5.75 Å². The quantitative estimate of drug-likeness (QED) is 0.487. The molecule has 0 N–H and O–H groups in total. The zero-order valence-electron chi connectivity index (χ0n) is 14.6. The SMILES string of the molecule is CCCCCc1ccc2c(c1)OC(C)(C)C1CCC(C)=CC21. The van der Waals surface area contributed by atoms with E-state index < -0.39 is 0 Å². The largest absolute Gasteiger partial charge is 0.487 e. The maximum Gasteiger partial charge on any atom is 0.124 e. The van der Waals surface area contributed by atoms with Crippen molar-refractivity contribution in [2.45, 2.75) is 77.7 Å². The van der Waals surface area contributed by atoms with Crippen molar-refractivity contribution < 1.29 is 4.74 Å². The van der Waals surface area contributed by atoms with Crippen LogP contribution >= 0.6 is 0 Å². The van der Waals surface area contributed by atoms with Gasteiger partial charge in [0.15, 0.2) is 0 Å². The minimum atomic E-state index is -0.0586. The third-order valence-corrected chi connectivity index (χ3v) is 5.52. The fourth-order valence-corrected chi connectivity index (χ4v) is 4.19. The van der Waals surface area contributed by atoms with E-state index in [2.05, 4.69) is 52.0 Å². The van der Waals surface area contributed by atoms with Crippen LogP contribution < -0.4 is 4.74 Å². The molecule has 3 rings (SSSR count). The van der Waals surface area contributed by atoms with E-state index in [4.69, 9.17) is 4.74 Å². The first-order valence-corrected chi connectivity index (χ1v) is 9.00.